The summed E-state index contributed by atoms with van der Waals surface area (Å²) in [4.78, 5) is 24.3. The Kier molecular flexibility index (Phi) is 5.64. The first kappa shape index (κ1) is 14.5. The van der Waals surface area contributed by atoms with E-state index < -0.39 is 0 Å². The molecule has 1 aromatic rings. The molecule has 0 fully saturated rings. The first-order chi connectivity index (χ1) is 8.50. The molecular weight excluding hydrogens is 298 g/mol. The monoisotopic (exact) mass is 313 g/mol. The maximum Gasteiger partial charge on any atom is 0.316 e. The van der Waals surface area contributed by atoms with Crippen LogP contribution in [-0.2, 0) is 0 Å². The fourth-order valence-corrected chi connectivity index (χ4v) is 1.47. The van der Waals surface area contributed by atoms with Crippen LogP contribution in [0.5, 0.6) is 0 Å². The van der Waals surface area contributed by atoms with Gasteiger partial charge in [0, 0.05) is 37.2 Å². The summed E-state index contributed by atoms with van der Waals surface area (Å²) in [7, 11) is 3.32. The van der Waals surface area contributed by atoms with Crippen LogP contribution in [0.4, 0.5) is 4.79 Å². The molecule has 0 unspecified atom stereocenters. The fraction of sp³-hybridized carbons (Fsp3) is 0.333. The summed E-state index contributed by atoms with van der Waals surface area (Å²) < 4.78 is 0.928. The third-order valence-corrected chi connectivity index (χ3v) is 2.73. The van der Waals surface area contributed by atoms with Crippen LogP contribution in [0.2, 0.25) is 0 Å². The standard InChI is InChI=1S/C12H16BrN3O2/c1-16(2)12(18)15-8-7-14-11(17)9-3-5-10(13)6-4-9/h3-6H,7-8H2,1-2H3,(H,14,17)(H,15,18). The summed E-state index contributed by atoms with van der Waals surface area (Å²) in [5, 5.41) is 5.39. The van der Waals surface area contributed by atoms with E-state index in [0.717, 1.165) is 4.47 Å². The van der Waals surface area contributed by atoms with Crippen molar-refractivity contribution in [2.75, 3.05) is 27.2 Å². The smallest absolute Gasteiger partial charge is 0.316 e. The Hall–Kier alpha value is -1.56. The zero-order valence-electron chi connectivity index (χ0n) is 10.4. The van der Waals surface area contributed by atoms with Gasteiger partial charge < -0.3 is 15.5 Å². The number of rotatable bonds is 4. The van der Waals surface area contributed by atoms with Gasteiger partial charge in [0.2, 0.25) is 0 Å². The molecule has 2 N–H and O–H groups in total. The summed E-state index contributed by atoms with van der Waals surface area (Å²) in [5.41, 5.74) is 0.595. The van der Waals surface area contributed by atoms with Crippen molar-refractivity contribution >= 4 is 27.9 Å². The van der Waals surface area contributed by atoms with E-state index in [4.69, 9.17) is 0 Å². The van der Waals surface area contributed by atoms with Gasteiger partial charge in [-0.2, -0.15) is 0 Å². The van der Waals surface area contributed by atoms with Crippen molar-refractivity contribution < 1.29 is 9.59 Å². The van der Waals surface area contributed by atoms with E-state index in [9.17, 15) is 9.59 Å². The number of carbonyl (C=O) groups is 2. The Bertz CT molecular complexity index is 418. The van der Waals surface area contributed by atoms with Crippen molar-refractivity contribution in [3.8, 4) is 0 Å². The maximum absolute atomic E-state index is 11.7. The third kappa shape index (κ3) is 4.75. The van der Waals surface area contributed by atoms with Crippen molar-refractivity contribution in [2.45, 2.75) is 0 Å². The van der Waals surface area contributed by atoms with Crippen molar-refractivity contribution in [3.05, 3.63) is 34.3 Å². The summed E-state index contributed by atoms with van der Waals surface area (Å²) in [6.07, 6.45) is 0. The second kappa shape index (κ2) is 7.00. The molecule has 0 spiro atoms. The van der Waals surface area contributed by atoms with Crippen LogP contribution < -0.4 is 10.6 Å². The second-order valence-electron chi connectivity index (χ2n) is 3.89. The SMILES string of the molecule is CN(C)C(=O)NCCNC(=O)c1ccc(Br)cc1. The number of urea groups is 1. The highest BCUT2D eigenvalue weighted by Crippen LogP contribution is 2.10. The van der Waals surface area contributed by atoms with Crippen LogP contribution >= 0.6 is 15.9 Å². The van der Waals surface area contributed by atoms with Crippen LogP contribution in [0.3, 0.4) is 0 Å². The topological polar surface area (TPSA) is 61.4 Å². The molecule has 0 saturated heterocycles. The summed E-state index contributed by atoms with van der Waals surface area (Å²) >= 11 is 3.30. The zero-order valence-corrected chi connectivity index (χ0v) is 12.0. The van der Waals surface area contributed by atoms with Gasteiger partial charge in [-0.3, -0.25) is 4.79 Å². The van der Waals surface area contributed by atoms with Gasteiger partial charge in [0.25, 0.3) is 5.91 Å². The van der Waals surface area contributed by atoms with Crippen LogP contribution in [0.15, 0.2) is 28.7 Å². The average Bonchev–Trinajstić information content (AvgIpc) is 2.34. The lowest BCUT2D eigenvalue weighted by Crippen LogP contribution is -2.39. The molecule has 3 amide bonds. The lowest BCUT2D eigenvalue weighted by atomic mass is 10.2. The molecule has 5 nitrogen and oxygen atoms in total. The van der Waals surface area contributed by atoms with Crippen molar-refractivity contribution in [1.29, 1.82) is 0 Å². The minimum Gasteiger partial charge on any atom is -0.350 e. The minimum absolute atomic E-state index is 0.151. The molecule has 0 atom stereocenters. The normalized spacial score (nSPS) is 9.72. The molecule has 1 aromatic carbocycles. The van der Waals surface area contributed by atoms with E-state index in [0.29, 0.717) is 18.7 Å². The number of benzene rings is 1. The molecule has 6 heteroatoms. The quantitative estimate of drug-likeness (QED) is 0.827. The first-order valence-electron chi connectivity index (χ1n) is 5.49. The number of halogens is 1. The average molecular weight is 314 g/mol. The first-order valence-corrected chi connectivity index (χ1v) is 6.29. The van der Waals surface area contributed by atoms with Crippen molar-refractivity contribution in [3.63, 3.8) is 0 Å². The molecule has 18 heavy (non-hydrogen) atoms. The number of carbonyl (C=O) groups excluding carboxylic acids is 2. The van der Waals surface area contributed by atoms with E-state index in [-0.39, 0.29) is 11.9 Å². The van der Waals surface area contributed by atoms with E-state index in [2.05, 4.69) is 26.6 Å². The van der Waals surface area contributed by atoms with Gasteiger partial charge in [-0.05, 0) is 24.3 Å². The van der Waals surface area contributed by atoms with Crippen LogP contribution in [0.1, 0.15) is 10.4 Å². The Balaban J connectivity index is 2.29. The Morgan fingerprint density at radius 3 is 2.22 bits per heavy atom. The molecule has 98 valence electrons. The summed E-state index contributed by atoms with van der Waals surface area (Å²) in [6.45, 7) is 0.799. The van der Waals surface area contributed by atoms with Crippen molar-refractivity contribution in [1.82, 2.24) is 15.5 Å². The highest BCUT2D eigenvalue weighted by molar-refractivity contribution is 9.10. The predicted molar refractivity (Wildman–Crippen MR) is 73.6 cm³/mol. The highest BCUT2D eigenvalue weighted by atomic mass is 79.9. The molecule has 0 aromatic heterocycles. The predicted octanol–water partition coefficient (Wildman–Crippen LogP) is 1.45. The number of amides is 3. The van der Waals surface area contributed by atoms with E-state index in [1.165, 1.54) is 4.90 Å². The fourth-order valence-electron chi connectivity index (χ4n) is 1.21. The number of nitrogens with zero attached hydrogens (tertiary/aromatic N) is 1. The Morgan fingerprint density at radius 2 is 1.67 bits per heavy atom. The summed E-state index contributed by atoms with van der Waals surface area (Å²) in [5.74, 6) is -0.151. The molecule has 0 aliphatic heterocycles. The van der Waals surface area contributed by atoms with Gasteiger partial charge in [0.15, 0.2) is 0 Å². The highest BCUT2D eigenvalue weighted by Gasteiger charge is 2.05. The molecule has 0 saturated carbocycles. The summed E-state index contributed by atoms with van der Waals surface area (Å²) in [6, 6.07) is 6.91. The van der Waals surface area contributed by atoms with Crippen LogP contribution in [0, 0.1) is 0 Å². The Labute approximate surface area is 115 Å². The van der Waals surface area contributed by atoms with E-state index >= 15 is 0 Å². The minimum atomic E-state index is -0.173. The molecule has 0 aliphatic rings. The van der Waals surface area contributed by atoms with Crippen LogP contribution in [-0.4, -0.2) is 44.0 Å². The molecular formula is C12H16BrN3O2. The van der Waals surface area contributed by atoms with E-state index in [1.54, 1.807) is 26.2 Å². The number of hydrogen-bond acceptors (Lipinski definition) is 2. The van der Waals surface area contributed by atoms with Gasteiger partial charge in [-0.1, -0.05) is 15.9 Å². The van der Waals surface area contributed by atoms with E-state index in [1.807, 2.05) is 12.1 Å². The zero-order chi connectivity index (χ0) is 13.5. The lowest BCUT2D eigenvalue weighted by Gasteiger charge is -2.12. The van der Waals surface area contributed by atoms with Crippen molar-refractivity contribution in [2.24, 2.45) is 0 Å². The van der Waals surface area contributed by atoms with Gasteiger partial charge >= 0.3 is 6.03 Å². The van der Waals surface area contributed by atoms with Gasteiger partial charge in [-0.25, -0.2) is 4.79 Å². The molecule has 0 bridgehead atoms. The molecule has 0 radical (unpaired) electrons. The van der Waals surface area contributed by atoms with Crippen LogP contribution in [0.25, 0.3) is 0 Å². The third-order valence-electron chi connectivity index (χ3n) is 2.20. The molecule has 0 heterocycles. The molecule has 1 rings (SSSR count). The van der Waals surface area contributed by atoms with Gasteiger partial charge in [0.05, 0.1) is 0 Å². The number of nitrogens with one attached hydrogen (secondary N) is 2. The Morgan fingerprint density at radius 1 is 1.11 bits per heavy atom. The van der Waals surface area contributed by atoms with Gasteiger partial charge in [-0.15, -0.1) is 0 Å². The number of hydrogen-bond donors (Lipinski definition) is 2. The largest absolute Gasteiger partial charge is 0.350 e. The lowest BCUT2D eigenvalue weighted by molar-refractivity contribution is 0.0953. The molecule has 0 aliphatic carbocycles. The maximum atomic E-state index is 11.7. The van der Waals surface area contributed by atoms with Gasteiger partial charge in [0.1, 0.15) is 0 Å². The second-order valence-corrected chi connectivity index (χ2v) is 4.80.